The third-order valence-corrected chi connectivity index (χ3v) is 4.40. The second kappa shape index (κ2) is 7.07. The molecule has 130 valence electrons. The number of fused-ring (bicyclic) bond motifs is 1. The van der Waals surface area contributed by atoms with E-state index < -0.39 is 5.54 Å². The smallest absolute Gasteiger partial charge is 0.248 e. The van der Waals surface area contributed by atoms with Gasteiger partial charge in [-0.1, -0.05) is 43.7 Å². The van der Waals surface area contributed by atoms with E-state index in [1.807, 2.05) is 48.5 Å². The molecule has 5 heteroatoms. The Bertz CT molecular complexity index is 868. The van der Waals surface area contributed by atoms with Crippen molar-refractivity contribution >= 4 is 22.6 Å². The van der Waals surface area contributed by atoms with Crippen molar-refractivity contribution in [3.05, 3.63) is 59.9 Å². The number of imidazole rings is 1. The molecule has 1 heterocycles. The van der Waals surface area contributed by atoms with Crippen molar-refractivity contribution in [3.8, 4) is 0 Å². The molecule has 3 aromatic rings. The van der Waals surface area contributed by atoms with E-state index in [1.54, 1.807) is 6.92 Å². The summed E-state index contributed by atoms with van der Waals surface area (Å²) in [6, 6.07) is 15.0. The molecule has 0 saturated heterocycles. The van der Waals surface area contributed by atoms with Gasteiger partial charge in [0.05, 0.1) is 11.0 Å². The minimum atomic E-state index is -1.10. The number of amides is 1. The normalized spacial score (nSPS) is 13.6. The van der Waals surface area contributed by atoms with Gasteiger partial charge < -0.3 is 16.0 Å². The van der Waals surface area contributed by atoms with Gasteiger partial charge in [0.25, 0.3) is 0 Å². The molecule has 1 unspecified atom stereocenters. The first kappa shape index (κ1) is 17.2. The number of H-pyrrole nitrogens is 1. The number of benzene rings is 2. The topological polar surface area (TPSA) is 83.8 Å². The zero-order valence-corrected chi connectivity index (χ0v) is 14.7. The van der Waals surface area contributed by atoms with E-state index in [4.69, 9.17) is 5.73 Å². The average Bonchev–Trinajstić information content (AvgIpc) is 3.02. The van der Waals surface area contributed by atoms with Crippen molar-refractivity contribution < 1.29 is 4.79 Å². The Morgan fingerprint density at radius 3 is 2.72 bits per heavy atom. The van der Waals surface area contributed by atoms with Gasteiger partial charge in [-0.25, -0.2) is 4.98 Å². The summed E-state index contributed by atoms with van der Waals surface area (Å²) in [6.07, 6.45) is 3.17. The molecule has 5 nitrogen and oxygen atoms in total. The van der Waals surface area contributed by atoms with Crippen LogP contribution < -0.4 is 11.1 Å². The number of nitrogens with one attached hydrogen (secondary N) is 2. The molecule has 0 aliphatic rings. The quantitative estimate of drug-likeness (QED) is 0.641. The molecule has 4 N–H and O–H groups in total. The number of nitrogens with two attached hydrogens (primary N) is 1. The van der Waals surface area contributed by atoms with E-state index in [-0.39, 0.29) is 5.91 Å². The maximum atomic E-state index is 12.7. The third-order valence-electron chi connectivity index (χ3n) is 4.40. The molecule has 0 aliphatic carbocycles. The Morgan fingerprint density at radius 2 is 2.00 bits per heavy atom. The second-order valence-corrected chi connectivity index (χ2v) is 6.54. The fourth-order valence-corrected chi connectivity index (χ4v) is 2.78. The molecule has 0 radical (unpaired) electrons. The predicted octanol–water partition coefficient (Wildman–Crippen LogP) is 3.72. The fourth-order valence-electron chi connectivity index (χ4n) is 2.78. The van der Waals surface area contributed by atoms with E-state index in [0.29, 0.717) is 5.69 Å². The number of rotatable bonds is 6. The average molecular weight is 336 g/mol. The molecule has 2 aromatic carbocycles. The van der Waals surface area contributed by atoms with Crippen molar-refractivity contribution in [2.75, 3.05) is 5.32 Å². The van der Waals surface area contributed by atoms with Gasteiger partial charge in [-0.2, -0.15) is 0 Å². The molecule has 1 atom stereocenters. The second-order valence-electron chi connectivity index (χ2n) is 6.54. The number of unbranched alkanes of at least 4 members (excludes halogenated alkanes) is 1. The standard InChI is InChI=1S/C20H24N4O/c1-3-4-10-18-23-16-12-11-15(13-17(16)24-18)22-19(25)20(2,21)14-8-6-5-7-9-14/h5-9,11-13H,3-4,10,21H2,1-2H3,(H,22,25)(H,23,24). The van der Waals surface area contributed by atoms with Crippen molar-refractivity contribution in [1.82, 2.24) is 9.97 Å². The van der Waals surface area contributed by atoms with Crippen LogP contribution in [-0.4, -0.2) is 15.9 Å². The number of carbonyl (C=O) groups excluding carboxylic acids is 1. The van der Waals surface area contributed by atoms with Crippen LogP contribution in [0.5, 0.6) is 0 Å². The number of aromatic amines is 1. The molecular formula is C20H24N4O. The van der Waals surface area contributed by atoms with Gasteiger partial charge in [0.2, 0.25) is 5.91 Å². The first-order chi connectivity index (χ1) is 12.0. The lowest BCUT2D eigenvalue weighted by Crippen LogP contribution is -2.45. The number of aryl methyl sites for hydroxylation is 1. The number of nitrogens with zero attached hydrogens (tertiary/aromatic N) is 1. The van der Waals surface area contributed by atoms with Crippen molar-refractivity contribution in [2.24, 2.45) is 5.73 Å². The summed E-state index contributed by atoms with van der Waals surface area (Å²) in [5, 5.41) is 2.91. The number of anilines is 1. The molecule has 1 amide bonds. The minimum Gasteiger partial charge on any atom is -0.342 e. The van der Waals surface area contributed by atoms with E-state index in [9.17, 15) is 4.79 Å². The van der Waals surface area contributed by atoms with Crippen LogP contribution in [0.2, 0.25) is 0 Å². The molecule has 1 aromatic heterocycles. The number of hydrogen-bond acceptors (Lipinski definition) is 3. The molecule has 0 aliphatic heterocycles. The van der Waals surface area contributed by atoms with Crippen molar-refractivity contribution in [3.63, 3.8) is 0 Å². The van der Waals surface area contributed by atoms with E-state index in [0.717, 1.165) is 41.7 Å². The van der Waals surface area contributed by atoms with Gasteiger partial charge in [0, 0.05) is 12.1 Å². The van der Waals surface area contributed by atoms with Crippen molar-refractivity contribution in [1.29, 1.82) is 0 Å². The monoisotopic (exact) mass is 336 g/mol. The summed E-state index contributed by atoms with van der Waals surface area (Å²) >= 11 is 0. The molecule has 0 spiro atoms. The van der Waals surface area contributed by atoms with Crippen LogP contribution >= 0.6 is 0 Å². The van der Waals surface area contributed by atoms with Gasteiger partial charge >= 0.3 is 0 Å². The van der Waals surface area contributed by atoms with Gasteiger partial charge in [-0.15, -0.1) is 0 Å². The maximum Gasteiger partial charge on any atom is 0.248 e. The lowest BCUT2D eigenvalue weighted by atomic mass is 9.92. The zero-order chi connectivity index (χ0) is 17.9. The number of carbonyl (C=O) groups is 1. The highest BCUT2D eigenvalue weighted by Gasteiger charge is 2.30. The van der Waals surface area contributed by atoms with Crippen LogP contribution in [0.25, 0.3) is 11.0 Å². The Morgan fingerprint density at radius 1 is 1.24 bits per heavy atom. The van der Waals surface area contributed by atoms with Crippen LogP contribution in [0.4, 0.5) is 5.69 Å². The number of hydrogen-bond donors (Lipinski definition) is 3. The van der Waals surface area contributed by atoms with Gasteiger partial charge in [0.15, 0.2) is 0 Å². The molecule has 25 heavy (non-hydrogen) atoms. The summed E-state index contributed by atoms with van der Waals surface area (Å²) in [5.74, 6) is 0.733. The summed E-state index contributed by atoms with van der Waals surface area (Å²) in [5.41, 5.74) is 8.47. The van der Waals surface area contributed by atoms with Crippen LogP contribution in [0.15, 0.2) is 48.5 Å². The van der Waals surface area contributed by atoms with E-state index >= 15 is 0 Å². The van der Waals surface area contributed by atoms with Crippen LogP contribution in [0, 0.1) is 0 Å². The fraction of sp³-hybridized carbons (Fsp3) is 0.300. The van der Waals surface area contributed by atoms with E-state index in [2.05, 4.69) is 22.2 Å². The highest BCUT2D eigenvalue weighted by atomic mass is 16.2. The van der Waals surface area contributed by atoms with E-state index in [1.165, 1.54) is 0 Å². The zero-order valence-electron chi connectivity index (χ0n) is 14.7. The molecule has 0 saturated carbocycles. The number of aromatic nitrogens is 2. The van der Waals surface area contributed by atoms with Crippen LogP contribution in [-0.2, 0) is 16.8 Å². The molecule has 0 bridgehead atoms. The Kier molecular flexibility index (Phi) is 4.86. The Balaban J connectivity index is 1.79. The Hall–Kier alpha value is -2.66. The predicted molar refractivity (Wildman–Crippen MR) is 101 cm³/mol. The SMILES string of the molecule is CCCCc1nc2ccc(NC(=O)C(C)(N)c3ccccc3)cc2[nH]1. The summed E-state index contributed by atoms with van der Waals surface area (Å²) in [6.45, 7) is 3.88. The highest BCUT2D eigenvalue weighted by molar-refractivity contribution is 5.99. The van der Waals surface area contributed by atoms with Crippen molar-refractivity contribution in [2.45, 2.75) is 38.6 Å². The summed E-state index contributed by atoms with van der Waals surface area (Å²) in [7, 11) is 0. The van der Waals surface area contributed by atoms with Gasteiger partial charge in [0.1, 0.15) is 11.4 Å². The minimum absolute atomic E-state index is 0.247. The lowest BCUT2D eigenvalue weighted by molar-refractivity contribution is -0.120. The third kappa shape index (κ3) is 3.72. The van der Waals surface area contributed by atoms with Gasteiger partial charge in [-0.3, -0.25) is 4.79 Å². The molecular weight excluding hydrogens is 312 g/mol. The first-order valence-electron chi connectivity index (χ1n) is 8.65. The Labute approximate surface area is 147 Å². The van der Waals surface area contributed by atoms with Crippen LogP contribution in [0.1, 0.15) is 38.1 Å². The summed E-state index contributed by atoms with van der Waals surface area (Å²) < 4.78 is 0. The lowest BCUT2D eigenvalue weighted by Gasteiger charge is -2.24. The highest BCUT2D eigenvalue weighted by Crippen LogP contribution is 2.22. The molecule has 0 fully saturated rings. The first-order valence-corrected chi connectivity index (χ1v) is 8.65. The van der Waals surface area contributed by atoms with Crippen LogP contribution in [0.3, 0.4) is 0 Å². The van der Waals surface area contributed by atoms with Gasteiger partial charge in [-0.05, 0) is 37.1 Å². The largest absolute Gasteiger partial charge is 0.342 e. The maximum absolute atomic E-state index is 12.7. The summed E-state index contributed by atoms with van der Waals surface area (Å²) in [4.78, 5) is 20.6. The molecule has 3 rings (SSSR count).